The topological polar surface area (TPSA) is 148 Å². The molecule has 3 aromatic rings. The summed E-state index contributed by atoms with van der Waals surface area (Å²) in [5.74, 6) is -2.30. The van der Waals surface area contributed by atoms with Crippen molar-refractivity contribution in [2.75, 3.05) is 13.2 Å². The van der Waals surface area contributed by atoms with E-state index in [-0.39, 0.29) is 42.0 Å². The van der Waals surface area contributed by atoms with E-state index < -0.39 is 17.7 Å². The molecule has 0 aliphatic carbocycles. The van der Waals surface area contributed by atoms with Crippen LogP contribution in [0.3, 0.4) is 0 Å². The van der Waals surface area contributed by atoms with Crippen molar-refractivity contribution in [1.82, 2.24) is 4.90 Å². The number of hydrogen-bond donors (Lipinski definition) is 3. The number of amides is 1. The first-order valence-electron chi connectivity index (χ1n) is 12.2. The van der Waals surface area contributed by atoms with Gasteiger partial charge in [-0.3, -0.25) is 15.0 Å². The van der Waals surface area contributed by atoms with Crippen LogP contribution in [0.25, 0.3) is 11.1 Å². The second kappa shape index (κ2) is 12.8. The fourth-order valence-electron chi connectivity index (χ4n) is 4.73. The van der Waals surface area contributed by atoms with Crippen LogP contribution in [0.2, 0.25) is 0 Å². The number of carbonyl (C=O) groups is 2. The van der Waals surface area contributed by atoms with E-state index in [1.165, 1.54) is 11.6 Å². The Morgan fingerprint density at radius 1 is 1.08 bits per heavy atom. The molecule has 0 saturated carbocycles. The number of carbonyl (C=O) groups excluding carboxylic acids is 1. The maximum Gasteiger partial charge on any atom is 0.304 e. The van der Waals surface area contributed by atoms with Crippen molar-refractivity contribution < 1.29 is 29.3 Å². The third-order valence-electron chi connectivity index (χ3n) is 6.65. The van der Waals surface area contributed by atoms with E-state index in [0.29, 0.717) is 24.1 Å². The van der Waals surface area contributed by atoms with Gasteiger partial charge in [-0.15, -0.1) is 0 Å². The fraction of sp³-hybridized carbons (Fsp3) is 0.276. The Balaban J connectivity index is 0.00000400. The number of nitrogen functional groups attached to an aromatic ring is 1. The molecule has 1 saturated heterocycles. The quantitative estimate of drug-likeness (QED) is 0.260. The number of carboxylic acid groups (broad SMARTS) is 1. The largest absolute Gasteiger partial charge is 0.488 e. The number of nitrogens with two attached hydrogens (primary N) is 1. The standard InChI is InChI=1S/C29H30FN3O4.H2O/c30-25-16-22(20-8-10-21(11-9-20)28(31)32)12-13-26(25)37-18-24-15-23(17-27(34)35)29(36)33(24)14-4-7-19-5-2-1-3-6-19;/h1-3,5-6,8-13,16,23-24H,4,7,14-15,17-18H2,(H3,31,32)(H,34,35);1H2/t23-,24-;/m0./s1. The summed E-state index contributed by atoms with van der Waals surface area (Å²) in [4.78, 5) is 25.9. The van der Waals surface area contributed by atoms with Crippen molar-refractivity contribution in [1.29, 1.82) is 5.41 Å². The zero-order valence-corrected chi connectivity index (χ0v) is 20.9. The average Bonchev–Trinajstić information content (AvgIpc) is 3.17. The van der Waals surface area contributed by atoms with Gasteiger partial charge >= 0.3 is 5.97 Å². The number of aliphatic carboxylic acids is 1. The van der Waals surface area contributed by atoms with Gasteiger partial charge in [-0.05, 0) is 48.1 Å². The molecule has 0 spiro atoms. The number of rotatable bonds is 11. The molecule has 4 rings (SSSR count). The number of nitrogens with one attached hydrogen (secondary N) is 1. The molecule has 1 fully saturated rings. The van der Waals surface area contributed by atoms with Crippen LogP contribution in [0.15, 0.2) is 72.8 Å². The minimum atomic E-state index is -1.01. The Morgan fingerprint density at radius 2 is 1.76 bits per heavy atom. The molecule has 6 N–H and O–H groups in total. The van der Waals surface area contributed by atoms with Crippen LogP contribution in [0.1, 0.15) is 30.4 Å². The molecule has 38 heavy (non-hydrogen) atoms. The second-order valence-electron chi connectivity index (χ2n) is 9.25. The first-order valence-corrected chi connectivity index (χ1v) is 12.2. The third-order valence-corrected chi connectivity index (χ3v) is 6.65. The molecule has 1 amide bonds. The number of benzene rings is 3. The Kier molecular flexibility index (Phi) is 9.56. The molecule has 1 aliphatic rings. The highest BCUT2D eigenvalue weighted by Crippen LogP contribution is 2.30. The number of nitrogens with zero attached hydrogens (tertiary/aromatic N) is 1. The lowest BCUT2D eigenvalue weighted by Crippen LogP contribution is -2.38. The van der Waals surface area contributed by atoms with Crippen LogP contribution in [-0.4, -0.2) is 52.4 Å². The van der Waals surface area contributed by atoms with Crippen molar-refractivity contribution in [3.05, 3.63) is 89.7 Å². The highest BCUT2D eigenvalue weighted by molar-refractivity contribution is 5.95. The van der Waals surface area contributed by atoms with Gasteiger partial charge in [0.1, 0.15) is 12.4 Å². The maximum absolute atomic E-state index is 14.9. The Labute approximate surface area is 220 Å². The number of amidine groups is 1. The Bertz CT molecular complexity index is 1270. The first kappa shape index (κ1) is 28.3. The van der Waals surface area contributed by atoms with Crippen LogP contribution >= 0.6 is 0 Å². The Hall–Kier alpha value is -4.24. The lowest BCUT2D eigenvalue weighted by Gasteiger charge is -2.25. The molecular formula is C29H32FN3O5. The molecule has 1 heterocycles. The van der Waals surface area contributed by atoms with Crippen LogP contribution in [0, 0.1) is 17.1 Å². The minimum absolute atomic E-state index is 0. The van der Waals surface area contributed by atoms with Crippen LogP contribution in [0.4, 0.5) is 4.39 Å². The summed E-state index contributed by atoms with van der Waals surface area (Å²) in [5, 5.41) is 16.7. The van der Waals surface area contributed by atoms with Gasteiger partial charge in [0.2, 0.25) is 5.91 Å². The lowest BCUT2D eigenvalue weighted by atomic mass is 10.0. The fourth-order valence-corrected chi connectivity index (χ4v) is 4.73. The van der Waals surface area contributed by atoms with E-state index >= 15 is 0 Å². The van der Waals surface area contributed by atoms with E-state index in [0.717, 1.165) is 18.4 Å². The molecule has 200 valence electrons. The molecule has 1 aliphatic heterocycles. The van der Waals surface area contributed by atoms with Gasteiger partial charge in [0.15, 0.2) is 11.6 Å². The van der Waals surface area contributed by atoms with Gasteiger partial charge in [0.05, 0.1) is 18.4 Å². The summed E-state index contributed by atoms with van der Waals surface area (Å²) < 4.78 is 20.7. The summed E-state index contributed by atoms with van der Waals surface area (Å²) in [6, 6.07) is 21.2. The number of aryl methyl sites for hydroxylation is 1. The van der Waals surface area contributed by atoms with E-state index in [1.807, 2.05) is 30.3 Å². The van der Waals surface area contributed by atoms with Crippen molar-refractivity contribution in [3.63, 3.8) is 0 Å². The van der Waals surface area contributed by atoms with Crippen LogP contribution in [0.5, 0.6) is 5.75 Å². The first-order chi connectivity index (χ1) is 17.8. The highest BCUT2D eigenvalue weighted by atomic mass is 19.1. The molecule has 0 bridgehead atoms. The zero-order chi connectivity index (χ0) is 26.4. The number of carboxylic acids is 1. The zero-order valence-electron chi connectivity index (χ0n) is 20.9. The molecule has 9 heteroatoms. The molecule has 2 atom stereocenters. The van der Waals surface area contributed by atoms with Crippen LogP contribution in [-0.2, 0) is 16.0 Å². The Morgan fingerprint density at radius 3 is 2.39 bits per heavy atom. The third kappa shape index (κ3) is 6.95. The normalized spacial score (nSPS) is 16.7. The summed E-state index contributed by atoms with van der Waals surface area (Å²) in [7, 11) is 0. The number of likely N-dealkylation sites (tertiary alicyclic amines) is 1. The van der Waals surface area contributed by atoms with E-state index in [9.17, 15) is 19.1 Å². The van der Waals surface area contributed by atoms with Gasteiger partial charge in [0, 0.05) is 12.1 Å². The number of ether oxygens (including phenoxy) is 1. The molecule has 8 nitrogen and oxygen atoms in total. The van der Waals surface area contributed by atoms with Gasteiger partial charge < -0.3 is 26.0 Å². The van der Waals surface area contributed by atoms with Gasteiger partial charge in [-0.25, -0.2) is 4.39 Å². The number of halogens is 1. The molecular weight excluding hydrogens is 489 g/mol. The highest BCUT2D eigenvalue weighted by Gasteiger charge is 2.40. The van der Waals surface area contributed by atoms with E-state index in [1.54, 1.807) is 41.3 Å². The lowest BCUT2D eigenvalue weighted by molar-refractivity contribution is -0.142. The van der Waals surface area contributed by atoms with Crippen molar-refractivity contribution in [3.8, 4) is 16.9 Å². The molecule has 0 unspecified atom stereocenters. The summed E-state index contributed by atoms with van der Waals surface area (Å²) in [6.45, 7) is 0.562. The van der Waals surface area contributed by atoms with E-state index in [4.69, 9.17) is 15.9 Å². The summed E-state index contributed by atoms with van der Waals surface area (Å²) in [5.41, 5.74) is 8.67. The number of hydrogen-bond acceptors (Lipinski definition) is 4. The smallest absolute Gasteiger partial charge is 0.304 e. The van der Waals surface area contributed by atoms with Gasteiger partial charge in [0.25, 0.3) is 0 Å². The predicted octanol–water partition coefficient (Wildman–Crippen LogP) is 3.66. The van der Waals surface area contributed by atoms with Crippen molar-refractivity contribution >= 4 is 17.7 Å². The van der Waals surface area contributed by atoms with Gasteiger partial charge in [-0.1, -0.05) is 60.7 Å². The van der Waals surface area contributed by atoms with Crippen molar-refractivity contribution in [2.45, 2.75) is 31.7 Å². The SMILES string of the molecule is N=C(N)c1ccc(-c2ccc(OC[C@@H]3C[C@@H](CC(=O)O)C(=O)N3CCCc3ccccc3)c(F)c2)cc1.O. The predicted molar refractivity (Wildman–Crippen MR) is 143 cm³/mol. The van der Waals surface area contributed by atoms with Crippen LogP contribution < -0.4 is 10.5 Å². The minimum Gasteiger partial charge on any atom is -0.488 e. The summed E-state index contributed by atoms with van der Waals surface area (Å²) in [6.07, 6.45) is 1.66. The van der Waals surface area contributed by atoms with Crippen molar-refractivity contribution in [2.24, 2.45) is 11.7 Å². The molecule has 0 radical (unpaired) electrons. The summed E-state index contributed by atoms with van der Waals surface area (Å²) >= 11 is 0. The van der Waals surface area contributed by atoms with Gasteiger partial charge in [-0.2, -0.15) is 0 Å². The van der Waals surface area contributed by atoms with E-state index in [2.05, 4.69) is 0 Å². The maximum atomic E-state index is 14.9. The monoisotopic (exact) mass is 521 g/mol. The average molecular weight is 522 g/mol. The molecule has 0 aromatic heterocycles. The second-order valence-corrected chi connectivity index (χ2v) is 9.25. The molecule has 3 aromatic carbocycles.